The SMILES string of the molecule is c1ccc(-n2c3ccc(-c4ccc5oc6cc7oc8ccccc8c7cc6c5c4)cc3c3cc(-c4ccc5oc6c(ccc7c8ccccc8oc76)c5c4)ccc32)cc1. The summed E-state index contributed by atoms with van der Waals surface area (Å²) in [6, 6.07) is 62.2. The first kappa shape index (κ1) is 31.1. The van der Waals surface area contributed by atoms with Gasteiger partial charge >= 0.3 is 0 Å². The number of aromatic nitrogens is 1. The number of hydrogen-bond donors (Lipinski definition) is 0. The molecule has 0 unspecified atom stereocenters. The Balaban J connectivity index is 0.945. The summed E-state index contributed by atoms with van der Waals surface area (Å²) in [6.45, 7) is 0. The second kappa shape index (κ2) is 11.3. The van der Waals surface area contributed by atoms with Crippen LogP contribution in [0.25, 0.3) is 138 Å². The molecule has 9 aromatic carbocycles. The lowest BCUT2D eigenvalue weighted by Crippen LogP contribution is -1.93. The van der Waals surface area contributed by atoms with E-state index in [2.05, 4.69) is 144 Å². The molecule has 5 nitrogen and oxygen atoms in total. The van der Waals surface area contributed by atoms with Crippen molar-refractivity contribution in [2.24, 2.45) is 0 Å². The lowest BCUT2D eigenvalue weighted by molar-refractivity contribution is 0.633. The summed E-state index contributed by atoms with van der Waals surface area (Å²) in [7, 11) is 0. The third kappa shape index (κ3) is 4.33. The van der Waals surface area contributed by atoms with Crippen LogP contribution in [0.2, 0.25) is 0 Å². The van der Waals surface area contributed by atoms with Crippen molar-refractivity contribution >= 4 is 110 Å². The van der Waals surface area contributed by atoms with Crippen LogP contribution >= 0.6 is 0 Å². The van der Waals surface area contributed by atoms with Gasteiger partial charge in [-0.2, -0.15) is 0 Å². The summed E-state index contributed by atoms with van der Waals surface area (Å²) in [5.41, 5.74) is 14.6. The predicted octanol–water partition coefficient (Wildman–Crippen LogP) is 15.7. The van der Waals surface area contributed by atoms with Gasteiger partial charge < -0.3 is 22.2 Å². The van der Waals surface area contributed by atoms with Crippen LogP contribution in [0, 0.1) is 0 Å². The molecular formula is C54H29NO4. The van der Waals surface area contributed by atoms with Crippen LogP contribution in [0.5, 0.6) is 0 Å². The van der Waals surface area contributed by atoms with Crippen molar-refractivity contribution in [2.75, 3.05) is 0 Å². The van der Waals surface area contributed by atoms with Crippen LogP contribution in [0.1, 0.15) is 0 Å². The second-order valence-corrected chi connectivity index (χ2v) is 15.6. The number of nitrogens with zero attached hydrogens (tertiary/aromatic N) is 1. The van der Waals surface area contributed by atoms with E-state index in [1.807, 2.05) is 36.4 Å². The molecule has 0 atom stereocenters. The van der Waals surface area contributed by atoms with Gasteiger partial charge in [-0.25, -0.2) is 0 Å². The molecule has 0 radical (unpaired) electrons. The summed E-state index contributed by atoms with van der Waals surface area (Å²) in [6.07, 6.45) is 0. The summed E-state index contributed by atoms with van der Waals surface area (Å²) < 4.78 is 27.8. The molecule has 14 rings (SSSR count). The Morgan fingerprint density at radius 2 is 0.678 bits per heavy atom. The van der Waals surface area contributed by atoms with Gasteiger partial charge in [0.25, 0.3) is 0 Å². The topological polar surface area (TPSA) is 57.5 Å². The zero-order valence-electron chi connectivity index (χ0n) is 31.3. The van der Waals surface area contributed by atoms with E-state index in [4.69, 9.17) is 17.7 Å². The molecule has 0 aliphatic rings. The van der Waals surface area contributed by atoms with Crippen molar-refractivity contribution in [1.82, 2.24) is 4.57 Å². The molecule has 5 heteroatoms. The maximum absolute atomic E-state index is 6.49. The third-order valence-corrected chi connectivity index (χ3v) is 12.4. The summed E-state index contributed by atoms with van der Waals surface area (Å²) in [5.74, 6) is 0. The maximum Gasteiger partial charge on any atom is 0.178 e. The molecular weight excluding hydrogens is 727 g/mol. The average Bonchev–Trinajstić information content (AvgIpc) is 4.10. The Hall–Kier alpha value is -8.02. The first-order chi connectivity index (χ1) is 29.2. The molecule has 0 N–H and O–H groups in total. The molecule has 0 bridgehead atoms. The van der Waals surface area contributed by atoms with Crippen molar-refractivity contribution in [2.45, 2.75) is 0 Å². The van der Waals surface area contributed by atoms with E-state index in [1.54, 1.807) is 0 Å². The lowest BCUT2D eigenvalue weighted by atomic mass is 9.98. The lowest BCUT2D eigenvalue weighted by Gasteiger charge is -2.08. The number of fused-ring (bicyclic) bond motifs is 16. The van der Waals surface area contributed by atoms with Crippen LogP contribution in [-0.4, -0.2) is 4.57 Å². The smallest absolute Gasteiger partial charge is 0.178 e. The van der Waals surface area contributed by atoms with Crippen LogP contribution in [0.15, 0.2) is 194 Å². The minimum Gasteiger partial charge on any atom is -0.456 e. The highest BCUT2D eigenvalue weighted by atomic mass is 16.4. The number of para-hydroxylation sites is 3. The molecule has 14 aromatic rings. The minimum absolute atomic E-state index is 0.782. The Bertz CT molecular complexity index is 4080. The predicted molar refractivity (Wildman–Crippen MR) is 241 cm³/mol. The van der Waals surface area contributed by atoms with E-state index in [-0.39, 0.29) is 0 Å². The van der Waals surface area contributed by atoms with Gasteiger partial charge in [0, 0.05) is 65.6 Å². The van der Waals surface area contributed by atoms with Gasteiger partial charge in [-0.1, -0.05) is 78.9 Å². The largest absolute Gasteiger partial charge is 0.456 e. The third-order valence-electron chi connectivity index (χ3n) is 12.4. The zero-order chi connectivity index (χ0) is 38.3. The molecule has 0 spiro atoms. The molecule has 0 amide bonds. The normalized spacial score (nSPS) is 12.4. The van der Waals surface area contributed by atoms with E-state index >= 15 is 0 Å². The first-order valence-electron chi connectivity index (χ1n) is 19.9. The molecule has 274 valence electrons. The van der Waals surface area contributed by atoms with Crippen molar-refractivity contribution < 1.29 is 17.7 Å². The van der Waals surface area contributed by atoms with Crippen molar-refractivity contribution in [3.63, 3.8) is 0 Å². The molecule has 0 saturated carbocycles. The summed E-state index contributed by atoms with van der Waals surface area (Å²) in [4.78, 5) is 0. The minimum atomic E-state index is 0.782. The fourth-order valence-corrected chi connectivity index (χ4v) is 9.61. The molecule has 0 fully saturated rings. The highest BCUT2D eigenvalue weighted by Gasteiger charge is 2.19. The van der Waals surface area contributed by atoms with E-state index in [9.17, 15) is 0 Å². The highest BCUT2D eigenvalue weighted by Crippen LogP contribution is 2.43. The molecule has 0 saturated heterocycles. The molecule has 5 heterocycles. The maximum atomic E-state index is 6.49. The number of rotatable bonds is 3. The van der Waals surface area contributed by atoms with Gasteiger partial charge in [-0.15, -0.1) is 0 Å². The average molecular weight is 756 g/mol. The Morgan fingerprint density at radius 3 is 1.31 bits per heavy atom. The molecule has 59 heavy (non-hydrogen) atoms. The molecule has 5 aromatic heterocycles. The van der Waals surface area contributed by atoms with Gasteiger partial charge in [0.1, 0.15) is 33.5 Å². The molecule has 0 aliphatic carbocycles. The van der Waals surface area contributed by atoms with Gasteiger partial charge in [0.05, 0.1) is 11.0 Å². The van der Waals surface area contributed by atoms with Gasteiger partial charge in [-0.3, -0.25) is 0 Å². The van der Waals surface area contributed by atoms with Crippen LogP contribution in [-0.2, 0) is 0 Å². The Kier molecular flexibility index (Phi) is 5.96. The van der Waals surface area contributed by atoms with Crippen LogP contribution in [0.3, 0.4) is 0 Å². The van der Waals surface area contributed by atoms with Crippen LogP contribution in [0.4, 0.5) is 0 Å². The fraction of sp³-hybridized carbons (Fsp3) is 0. The standard InChI is InChI=1S/C54H29NO4/c1-2-8-34(9-3-1)55-45-20-14-30(32-17-23-50-41(26-32)38-19-18-37-35-10-4-7-13-48(35)58-53(37)54(38)59-50)24-39(45)40-25-31(15-21-46(40)55)33-16-22-49-42(27-33)44-28-43-36-11-5-6-12-47(36)56-51(43)29-52(44)57-49/h1-29H. The second-order valence-electron chi connectivity index (χ2n) is 15.6. The van der Waals surface area contributed by atoms with Gasteiger partial charge in [0.15, 0.2) is 11.2 Å². The Labute approximate surface area is 334 Å². The van der Waals surface area contributed by atoms with E-state index in [1.165, 1.54) is 10.8 Å². The fourth-order valence-electron chi connectivity index (χ4n) is 9.61. The quantitative estimate of drug-likeness (QED) is 0.180. The van der Waals surface area contributed by atoms with E-state index in [0.29, 0.717) is 0 Å². The Morgan fingerprint density at radius 1 is 0.254 bits per heavy atom. The highest BCUT2D eigenvalue weighted by molar-refractivity contribution is 6.20. The van der Waals surface area contributed by atoms with Crippen molar-refractivity contribution in [3.05, 3.63) is 176 Å². The zero-order valence-corrected chi connectivity index (χ0v) is 31.3. The van der Waals surface area contributed by atoms with Crippen molar-refractivity contribution in [3.8, 4) is 27.9 Å². The first-order valence-corrected chi connectivity index (χ1v) is 19.9. The number of hydrogen-bond acceptors (Lipinski definition) is 4. The van der Waals surface area contributed by atoms with Gasteiger partial charge in [-0.05, 0) is 113 Å². The summed E-state index contributed by atoms with van der Waals surface area (Å²) in [5, 5.41) is 11.0. The summed E-state index contributed by atoms with van der Waals surface area (Å²) >= 11 is 0. The molecule has 0 aliphatic heterocycles. The van der Waals surface area contributed by atoms with E-state index < -0.39 is 0 Å². The monoisotopic (exact) mass is 755 g/mol. The van der Waals surface area contributed by atoms with Gasteiger partial charge in [0.2, 0.25) is 0 Å². The van der Waals surface area contributed by atoms with Crippen LogP contribution < -0.4 is 0 Å². The number of furan rings is 4. The van der Waals surface area contributed by atoms with Crippen molar-refractivity contribution in [1.29, 1.82) is 0 Å². The van der Waals surface area contributed by atoms with E-state index in [0.717, 1.165) is 127 Å². The number of benzene rings is 9.